The fourth-order valence-corrected chi connectivity index (χ4v) is 3.40. The van der Waals surface area contributed by atoms with Crippen LogP contribution in [0.25, 0.3) is 22.4 Å². The van der Waals surface area contributed by atoms with Crippen molar-refractivity contribution >= 4 is 22.6 Å². The molecule has 0 saturated heterocycles. The number of anilines is 1. The average Bonchev–Trinajstić information content (AvgIpc) is 3.27. The zero-order valence-corrected chi connectivity index (χ0v) is 17.6. The number of rotatable bonds is 7. The summed E-state index contributed by atoms with van der Waals surface area (Å²) in [5, 5.41) is 21.2. The summed E-state index contributed by atoms with van der Waals surface area (Å²) in [7, 11) is 0. The van der Waals surface area contributed by atoms with Crippen molar-refractivity contribution in [3.05, 3.63) is 77.9 Å². The monoisotopic (exact) mass is 471 g/mol. The number of alkyl halides is 3. The maximum atomic E-state index is 13.5. The molecule has 3 aromatic carbocycles. The number of imidazole rings is 1. The van der Waals surface area contributed by atoms with Crippen LogP contribution in [-0.2, 0) is 6.18 Å². The third-order valence-corrected chi connectivity index (χ3v) is 5.02. The van der Waals surface area contributed by atoms with E-state index in [2.05, 4.69) is 15.3 Å². The minimum atomic E-state index is -4.57. The molecule has 0 fully saturated rings. The molecule has 1 aromatic heterocycles. The second-order valence-corrected chi connectivity index (χ2v) is 7.43. The Labute approximate surface area is 191 Å². The molecule has 0 radical (unpaired) electrons. The smallest absolute Gasteiger partial charge is 0.417 e. The maximum absolute atomic E-state index is 13.5. The molecule has 0 aliphatic carbocycles. The third-order valence-electron chi connectivity index (χ3n) is 5.02. The molecule has 1 amide bonds. The molecule has 4 N–H and O–H groups in total. The number of para-hydroxylation sites is 3. The Balaban J connectivity index is 1.66. The summed E-state index contributed by atoms with van der Waals surface area (Å²) in [5.41, 5.74) is 0.105. The van der Waals surface area contributed by atoms with Gasteiger partial charge in [0.25, 0.3) is 5.91 Å². The lowest BCUT2D eigenvalue weighted by Crippen LogP contribution is -2.22. The summed E-state index contributed by atoms with van der Waals surface area (Å²) >= 11 is 0. The summed E-state index contributed by atoms with van der Waals surface area (Å²) in [6.07, 6.45) is -5.65. The zero-order chi connectivity index (χ0) is 24.3. The van der Waals surface area contributed by atoms with E-state index >= 15 is 0 Å². The minimum Gasteiger partial charge on any atom is -0.489 e. The highest BCUT2D eigenvalue weighted by Crippen LogP contribution is 2.36. The molecule has 4 aromatic rings. The molecule has 10 heteroatoms. The Morgan fingerprint density at radius 1 is 1.06 bits per heavy atom. The standard InChI is InChI=1S/C24H20F3N3O4/c25-24(26,27)17-8-2-1-6-15(17)22-28-19-10-5-7-16(21(19)30-22)23(33)29-18-9-3-4-11-20(18)34-13-14(32)12-31/h1-11,14,31-32H,12-13H2,(H,28,30)(H,29,33). The molecule has 1 heterocycles. The van der Waals surface area contributed by atoms with Crippen LogP contribution < -0.4 is 10.1 Å². The highest BCUT2D eigenvalue weighted by molar-refractivity contribution is 6.12. The van der Waals surface area contributed by atoms with E-state index in [-0.39, 0.29) is 34.8 Å². The maximum Gasteiger partial charge on any atom is 0.417 e. The van der Waals surface area contributed by atoms with Crippen LogP contribution in [-0.4, -0.2) is 45.4 Å². The fraction of sp³-hybridized carbons (Fsp3) is 0.167. The number of aromatic amines is 1. The lowest BCUT2D eigenvalue weighted by Gasteiger charge is -2.14. The predicted molar refractivity (Wildman–Crippen MR) is 120 cm³/mol. The summed E-state index contributed by atoms with van der Waals surface area (Å²) in [4.78, 5) is 20.2. The lowest BCUT2D eigenvalue weighted by atomic mass is 10.1. The largest absolute Gasteiger partial charge is 0.489 e. The first kappa shape index (κ1) is 23.3. The average molecular weight is 471 g/mol. The number of benzene rings is 3. The first-order valence-corrected chi connectivity index (χ1v) is 10.3. The molecule has 7 nitrogen and oxygen atoms in total. The molecular weight excluding hydrogens is 451 g/mol. The number of aliphatic hydroxyl groups is 2. The molecular formula is C24H20F3N3O4. The van der Waals surface area contributed by atoms with Crippen LogP contribution >= 0.6 is 0 Å². The van der Waals surface area contributed by atoms with Gasteiger partial charge in [-0.25, -0.2) is 4.98 Å². The second-order valence-electron chi connectivity index (χ2n) is 7.43. The Morgan fingerprint density at radius 3 is 2.56 bits per heavy atom. The number of nitrogens with one attached hydrogen (secondary N) is 2. The minimum absolute atomic E-state index is 0.00935. The predicted octanol–water partition coefficient (Wildman–Crippen LogP) is 4.23. The van der Waals surface area contributed by atoms with Crippen molar-refractivity contribution in [2.24, 2.45) is 0 Å². The van der Waals surface area contributed by atoms with E-state index in [1.165, 1.54) is 24.3 Å². The van der Waals surface area contributed by atoms with E-state index in [1.807, 2.05) is 0 Å². The van der Waals surface area contributed by atoms with Gasteiger partial charge in [0.15, 0.2) is 0 Å². The second kappa shape index (κ2) is 9.54. The van der Waals surface area contributed by atoms with Gasteiger partial charge in [-0.1, -0.05) is 36.4 Å². The number of carbonyl (C=O) groups is 1. The topological polar surface area (TPSA) is 107 Å². The van der Waals surface area contributed by atoms with Crippen LogP contribution in [0, 0.1) is 0 Å². The van der Waals surface area contributed by atoms with Gasteiger partial charge in [-0.2, -0.15) is 13.2 Å². The van der Waals surface area contributed by atoms with Gasteiger partial charge in [0.05, 0.1) is 28.9 Å². The van der Waals surface area contributed by atoms with Gasteiger partial charge in [-0.05, 0) is 30.3 Å². The number of amides is 1. The van der Waals surface area contributed by atoms with Crippen LogP contribution in [0.4, 0.5) is 18.9 Å². The lowest BCUT2D eigenvalue weighted by molar-refractivity contribution is -0.137. The first-order valence-electron chi connectivity index (χ1n) is 10.3. The van der Waals surface area contributed by atoms with Gasteiger partial charge in [0.2, 0.25) is 0 Å². The Hall–Kier alpha value is -3.89. The van der Waals surface area contributed by atoms with Crippen LogP contribution in [0.5, 0.6) is 5.75 Å². The Morgan fingerprint density at radius 2 is 1.79 bits per heavy atom. The molecule has 0 aliphatic heterocycles. The number of hydrogen-bond donors (Lipinski definition) is 4. The SMILES string of the molecule is O=C(Nc1ccccc1OCC(O)CO)c1cccc2[nH]c(-c3ccccc3C(F)(F)F)nc12. The van der Waals surface area contributed by atoms with Crippen molar-refractivity contribution in [1.82, 2.24) is 9.97 Å². The van der Waals surface area contributed by atoms with Crippen LogP contribution in [0.15, 0.2) is 66.7 Å². The molecule has 0 aliphatic rings. The highest BCUT2D eigenvalue weighted by atomic mass is 19.4. The van der Waals surface area contributed by atoms with Crippen molar-refractivity contribution in [3.8, 4) is 17.1 Å². The fourth-order valence-electron chi connectivity index (χ4n) is 3.40. The van der Waals surface area contributed by atoms with Crippen LogP contribution in [0.1, 0.15) is 15.9 Å². The van der Waals surface area contributed by atoms with Crippen molar-refractivity contribution in [2.75, 3.05) is 18.5 Å². The van der Waals surface area contributed by atoms with Crippen molar-refractivity contribution in [3.63, 3.8) is 0 Å². The molecule has 1 unspecified atom stereocenters. The van der Waals surface area contributed by atoms with E-state index in [9.17, 15) is 23.1 Å². The Bertz CT molecular complexity index is 1320. The van der Waals surface area contributed by atoms with Gasteiger partial charge in [-0.15, -0.1) is 0 Å². The van der Waals surface area contributed by atoms with E-state index in [1.54, 1.807) is 36.4 Å². The quantitative estimate of drug-likeness (QED) is 0.323. The number of hydrogen-bond acceptors (Lipinski definition) is 5. The molecule has 1 atom stereocenters. The zero-order valence-electron chi connectivity index (χ0n) is 17.6. The van der Waals surface area contributed by atoms with Crippen molar-refractivity contribution < 1.29 is 32.9 Å². The first-order chi connectivity index (χ1) is 16.3. The van der Waals surface area contributed by atoms with Gasteiger partial charge in [0, 0.05) is 5.56 Å². The normalized spacial score (nSPS) is 12.5. The summed E-state index contributed by atoms with van der Waals surface area (Å²) in [5.74, 6) is -0.284. The molecule has 34 heavy (non-hydrogen) atoms. The van der Waals surface area contributed by atoms with Crippen molar-refractivity contribution in [2.45, 2.75) is 12.3 Å². The third kappa shape index (κ3) is 4.87. The number of aromatic nitrogens is 2. The van der Waals surface area contributed by atoms with Crippen molar-refractivity contribution in [1.29, 1.82) is 0 Å². The number of H-pyrrole nitrogens is 1. The van der Waals surface area contributed by atoms with Gasteiger partial charge < -0.3 is 25.3 Å². The van der Waals surface area contributed by atoms with Crippen LogP contribution in [0.3, 0.4) is 0 Å². The van der Waals surface area contributed by atoms with Gasteiger partial charge in [-0.3, -0.25) is 4.79 Å². The number of carbonyl (C=O) groups excluding carboxylic acids is 1. The molecule has 0 saturated carbocycles. The number of ether oxygens (including phenoxy) is 1. The summed E-state index contributed by atoms with van der Waals surface area (Å²) in [6.45, 7) is -0.657. The highest BCUT2D eigenvalue weighted by Gasteiger charge is 2.34. The van der Waals surface area contributed by atoms with E-state index in [4.69, 9.17) is 9.84 Å². The molecule has 4 rings (SSSR count). The van der Waals surface area contributed by atoms with Crippen LogP contribution in [0.2, 0.25) is 0 Å². The Kier molecular flexibility index (Phi) is 6.53. The number of aliphatic hydroxyl groups excluding tert-OH is 2. The van der Waals surface area contributed by atoms with Gasteiger partial charge >= 0.3 is 6.18 Å². The molecule has 176 valence electrons. The van der Waals surface area contributed by atoms with E-state index < -0.39 is 30.4 Å². The number of halogens is 3. The summed E-state index contributed by atoms with van der Waals surface area (Å²) in [6, 6.07) is 16.3. The molecule has 0 spiro atoms. The van der Waals surface area contributed by atoms with E-state index in [0.29, 0.717) is 11.2 Å². The van der Waals surface area contributed by atoms with E-state index in [0.717, 1.165) is 6.07 Å². The number of nitrogens with zero attached hydrogens (tertiary/aromatic N) is 1. The van der Waals surface area contributed by atoms with Gasteiger partial charge in [0.1, 0.15) is 29.8 Å². The number of fused-ring (bicyclic) bond motifs is 1. The summed E-state index contributed by atoms with van der Waals surface area (Å²) < 4.78 is 45.9. The molecule has 0 bridgehead atoms.